The third-order valence-electron chi connectivity index (χ3n) is 2.65. The Hall–Kier alpha value is 0.270. The van der Waals surface area contributed by atoms with Gasteiger partial charge in [-0.2, -0.15) is 12.6 Å². The molecule has 0 aliphatic heterocycles. The number of hydrogen-bond acceptors (Lipinski definition) is 3. The van der Waals surface area contributed by atoms with Gasteiger partial charge >= 0.3 is 0 Å². The standard InChI is InChI=1S/C11H25NOS/c1-5-11(3)12(6-7-13-4)8-10(2)9-14/h10-11,14H,5-9H2,1-4H3. The smallest absolute Gasteiger partial charge is 0.0589 e. The first-order chi connectivity index (χ1) is 6.65. The first-order valence-corrected chi connectivity index (χ1v) is 6.12. The molecule has 3 heteroatoms. The monoisotopic (exact) mass is 219 g/mol. The van der Waals surface area contributed by atoms with Crippen LogP contribution in [-0.4, -0.2) is 43.5 Å². The second-order valence-corrected chi connectivity index (χ2v) is 4.40. The first kappa shape index (κ1) is 14.3. The highest BCUT2D eigenvalue weighted by molar-refractivity contribution is 7.80. The molecule has 0 saturated carbocycles. The minimum Gasteiger partial charge on any atom is -0.383 e. The van der Waals surface area contributed by atoms with Gasteiger partial charge in [-0.05, 0) is 25.0 Å². The van der Waals surface area contributed by atoms with Crippen molar-refractivity contribution >= 4 is 12.6 Å². The van der Waals surface area contributed by atoms with Gasteiger partial charge in [0.1, 0.15) is 0 Å². The molecule has 0 rings (SSSR count). The number of nitrogens with zero attached hydrogens (tertiary/aromatic N) is 1. The molecular weight excluding hydrogens is 194 g/mol. The molecule has 0 aliphatic rings. The zero-order valence-corrected chi connectivity index (χ0v) is 10.9. The summed E-state index contributed by atoms with van der Waals surface area (Å²) in [5.74, 6) is 1.61. The first-order valence-electron chi connectivity index (χ1n) is 5.49. The Labute approximate surface area is 94.4 Å². The molecule has 0 amide bonds. The predicted octanol–water partition coefficient (Wildman–Crippen LogP) is 2.30. The van der Waals surface area contributed by atoms with Crippen LogP contribution in [0.5, 0.6) is 0 Å². The van der Waals surface area contributed by atoms with E-state index in [0.29, 0.717) is 12.0 Å². The van der Waals surface area contributed by atoms with E-state index in [1.54, 1.807) is 7.11 Å². The summed E-state index contributed by atoms with van der Waals surface area (Å²) in [7, 11) is 1.76. The summed E-state index contributed by atoms with van der Waals surface area (Å²) in [6.07, 6.45) is 1.20. The molecule has 0 aromatic rings. The van der Waals surface area contributed by atoms with Gasteiger partial charge < -0.3 is 4.74 Å². The summed E-state index contributed by atoms with van der Waals surface area (Å²) < 4.78 is 5.12. The van der Waals surface area contributed by atoms with Gasteiger partial charge in [0.15, 0.2) is 0 Å². The second-order valence-electron chi connectivity index (χ2n) is 4.03. The van der Waals surface area contributed by atoms with Crippen molar-refractivity contribution in [2.45, 2.75) is 33.2 Å². The topological polar surface area (TPSA) is 12.5 Å². The Morgan fingerprint density at radius 2 is 2.00 bits per heavy atom. The van der Waals surface area contributed by atoms with Gasteiger partial charge in [-0.15, -0.1) is 0 Å². The minimum absolute atomic E-state index is 0.646. The van der Waals surface area contributed by atoms with Gasteiger partial charge in [-0.1, -0.05) is 13.8 Å². The van der Waals surface area contributed by atoms with Crippen molar-refractivity contribution in [3.8, 4) is 0 Å². The molecule has 0 bridgehead atoms. The quantitative estimate of drug-likeness (QED) is 0.629. The fourth-order valence-corrected chi connectivity index (χ4v) is 1.53. The van der Waals surface area contributed by atoms with Crippen molar-refractivity contribution in [1.82, 2.24) is 4.90 Å². The summed E-state index contributed by atoms with van der Waals surface area (Å²) >= 11 is 4.32. The lowest BCUT2D eigenvalue weighted by Gasteiger charge is -2.30. The summed E-state index contributed by atoms with van der Waals surface area (Å²) in [5, 5.41) is 0. The van der Waals surface area contributed by atoms with E-state index < -0.39 is 0 Å². The predicted molar refractivity (Wildman–Crippen MR) is 66.2 cm³/mol. The van der Waals surface area contributed by atoms with Crippen molar-refractivity contribution in [3.05, 3.63) is 0 Å². The van der Waals surface area contributed by atoms with Crippen LogP contribution in [0.3, 0.4) is 0 Å². The van der Waals surface area contributed by atoms with E-state index in [9.17, 15) is 0 Å². The lowest BCUT2D eigenvalue weighted by molar-refractivity contribution is 0.114. The van der Waals surface area contributed by atoms with E-state index in [4.69, 9.17) is 4.74 Å². The molecular formula is C11H25NOS. The zero-order chi connectivity index (χ0) is 11.0. The van der Waals surface area contributed by atoms with Crippen molar-refractivity contribution in [2.75, 3.05) is 32.6 Å². The number of ether oxygens (including phenoxy) is 1. The summed E-state index contributed by atoms with van der Waals surface area (Å²) in [6.45, 7) is 9.74. The number of rotatable bonds is 8. The second kappa shape index (κ2) is 8.57. The molecule has 0 aliphatic carbocycles. The summed E-state index contributed by atoms with van der Waals surface area (Å²) in [4.78, 5) is 2.49. The van der Waals surface area contributed by atoms with Crippen molar-refractivity contribution in [3.63, 3.8) is 0 Å². The highest BCUT2D eigenvalue weighted by Gasteiger charge is 2.14. The van der Waals surface area contributed by atoms with Crippen molar-refractivity contribution in [2.24, 2.45) is 5.92 Å². The van der Waals surface area contributed by atoms with Gasteiger partial charge in [0.2, 0.25) is 0 Å². The lowest BCUT2D eigenvalue weighted by atomic mass is 10.1. The van der Waals surface area contributed by atoms with Crippen LogP contribution >= 0.6 is 12.6 Å². The largest absolute Gasteiger partial charge is 0.383 e. The Morgan fingerprint density at radius 1 is 1.36 bits per heavy atom. The van der Waals surface area contributed by atoms with Crippen LogP contribution in [-0.2, 0) is 4.74 Å². The van der Waals surface area contributed by atoms with E-state index in [0.717, 1.165) is 25.4 Å². The van der Waals surface area contributed by atoms with Gasteiger partial charge in [-0.25, -0.2) is 0 Å². The van der Waals surface area contributed by atoms with Gasteiger partial charge in [0.05, 0.1) is 6.61 Å². The average molecular weight is 219 g/mol. The molecule has 0 heterocycles. The Kier molecular flexibility index (Phi) is 8.73. The molecule has 2 unspecified atom stereocenters. The summed E-state index contributed by atoms with van der Waals surface area (Å²) in [6, 6.07) is 0.646. The molecule has 0 aromatic carbocycles. The van der Waals surface area contributed by atoms with Crippen molar-refractivity contribution in [1.29, 1.82) is 0 Å². The van der Waals surface area contributed by atoms with Crippen LogP contribution in [0.4, 0.5) is 0 Å². The molecule has 0 aromatic heterocycles. The SMILES string of the molecule is CCC(C)N(CCOC)CC(C)CS. The maximum atomic E-state index is 5.12. The molecule has 86 valence electrons. The van der Waals surface area contributed by atoms with Crippen LogP contribution in [0.15, 0.2) is 0 Å². The maximum Gasteiger partial charge on any atom is 0.0589 e. The van der Waals surface area contributed by atoms with Gasteiger partial charge in [0, 0.05) is 26.2 Å². The number of hydrogen-bond donors (Lipinski definition) is 1. The summed E-state index contributed by atoms with van der Waals surface area (Å²) in [5.41, 5.74) is 0. The Balaban J connectivity index is 3.96. The van der Waals surface area contributed by atoms with Gasteiger partial charge in [-0.3, -0.25) is 4.90 Å². The van der Waals surface area contributed by atoms with E-state index in [2.05, 4.69) is 38.3 Å². The fraction of sp³-hybridized carbons (Fsp3) is 1.00. The fourth-order valence-electron chi connectivity index (χ4n) is 1.42. The van der Waals surface area contributed by atoms with Crippen LogP contribution in [0.1, 0.15) is 27.2 Å². The molecule has 0 radical (unpaired) electrons. The van der Waals surface area contributed by atoms with Crippen LogP contribution in [0.2, 0.25) is 0 Å². The number of thiol groups is 1. The van der Waals surface area contributed by atoms with Crippen LogP contribution in [0.25, 0.3) is 0 Å². The van der Waals surface area contributed by atoms with Crippen LogP contribution < -0.4 is 0 Å². The average Bonchev–Trinajstić information content (AvgIpc) is 2.22. The maximum absolute atomic E-state index is 5.12. The molecule has 0 fully saturated rings. The lowest BCUT2D eigenvalue weighted by Crippen LogP contribution is -2.38. The van der Waals surface area contributed by atoms with E-state index in [-0.39, 0.29) is 0 Å². The zero-order valence-electron chi connectivity index (χ0n) is 9.99. The molecule has 2 atom stereocenters. The van der Waals surface area contributed by atoms with Crippen molar-refractivity contribution < 1.29 is 4.74 Å². The van der Waals surface area contributed by atoms with Crippen LogP contribution in [0, 0.1) is 5.92 Å². The molecule has 14 heavy (non-hydrogen) atoms. The number of methoxy groups -OCH3 is 1. The third-order valence-corrected chi connectivity index (χ3v) is 3.28. The highest BCUT2D eigenvalue weighted by Crippen LogP contribution is 2.08. The molecule has 0 spiro atoms. The molecule has 0 N–H and O–H groups in total. The molecule has 2 nitrogen and oxygen atoms in total. The van der Waals surface area contributed by atoms with E-state index in [1.807, 2.05) is 0 Å². The van der Waals surface area contributed by atoms with E-state index in [1.165, 1.54) is 6.42 Å². The van der Waals surface area contributed by atoms with E-state index >= 15 is 0 Å². The molecule has 0 saturated heterocycles. The normalized spacial score (nSPS) is 15.9. The minimum atomic E-state index is 0.646. The Morgan fingerprint density at radius 3 is 2.43 bits per heavy atom. The highest BCUT2D eigenvalue weighted by atomic mass is 32.1. The van der Waals surface area contributed by atoms with Gasteiger partial charge in [0.25, 0.3) is 0 Å². The Bertz CT molecular complexity index is 132. The third kappa shape index (κ3) is 5.89.